The molecule has 0 unspecified atom stereocenters. The largest absolute Gasteiger partial charge is 0.479 e. The quantitative estimate of drug-likeness (QED) is 0.780. The molecule has 100 valence electrons. The zero-order chi connectivity index (χ0) is 14.0. The van der Waals surface area contributed by atoms with Crippen molar-refractivity contribution in [3.8, 4) is 0 Å². The number of carboxylic acid groups (broad SMARTS) is 1. The first-order chi connectivity index (χ1) is 8.90. The molecule has 0 aliphatic carbocycles. The van der Waals surface area contributed by atoms with Crippen LogP contribution < -0.4 is 5.32 Å². The predicted molar refractivity (Wildman–Crippen MR) is 73.2 cm³/mol. The number of aromatic nitrogens is 1. The summed E-state index contributed by atoms with van der Waals surface area (Å²) in [5.74, 6) is -1.25. The Bertz CT molecular complexity index is 623. The third-order valence-corrected chi connectivity index (χ3v) is 2.93. The second kappa shape index (κ2) is 4.85. The monoisotopic (exact) mass is 260 g/mol. The molecule has 19 heavy (non-hydrogen) atoms. The molecule has 0 saturated carbocycles. The number of pyridine rings is 1. The van der Waals surface area contributed by atoms with Gasteiger partial charge in [-0.05, 0) is 26.0 Å². The van der Waals surface area contributed by atoms with Gasteiger partial charge in [-0.25, -0.2) is 4.79 Å². The highest BCUT2D eigenvalue weighted by molar-refractivity contribution is 5.91. The van der Waals surface area contributed by atoms with Crippen LogP contribution in [0.15, 0.2) is 30.3 Å². The van der Waals surface area contributed by atoms with Gasteiger partial charge >= 0.3 is 5.97 Å². The fourth-order valence-corrected chi connectivity index (χ4v) is 1.80. The smallest absolute Gasteiger partial charge is 0.337 e. The summed E-state index contributed by atoms with van der Waals surface area (Å²) in [5, 5.41) is 22.5. The SMILES string of the molecule is Cc1cc(NC[C@](C)(O)C(=O)O)c2ccccc2n1. The third-order valence-electron chi connectivity index (χ3n) is 2.93. The molecular weight excluding hydrogens is 244 g/mol. The number of fused-ring (bicyclic) bond motifs is 1. The number of anilines is 1. The molecule has 1 aromatic heterocycles. The van der Waals surface area contributed by atoms with Crippen LogP contribution in [0.25, 0.3) is 10.9 Å². The number of nitrogens with zero attached hydrogens (tertiary/aromatic N) is 1. The molecule has 3 N–H and O–H groups in total. The summed E-state index contributed by atoms with van der Waals surface area (Å²) in [6.07, 6.45) is 0. The normalized spacial score (nSPS) is 14.1. The predicted octanol–water partition coefficient (Wildman–Crippen LogP) is 1.79. The summed E-state index contributed by atoms with van der Waals surface area (Å²) in [6, 6.07) is 9.41. The summed E-state index contributed by atoms with van der Waals surface area (Å²) < 4.78 is 0. The number of aliphatic hydroxyl groups is 1. The number of hydrogen-bond donors (Lipinski definition) is 3. The van der Waals surface area contributed by atoms with Crippen molar-refractivity contribution >= 4 is 22.6 Å². The fraction of sp³-hybridized carbons (Fsp3) is 0.286. The van der Waals surface area contributed by atoms with Gasteiger partial charge in [0.1, 0.15) is 0 Å². The lowest BCUT2D eigenvalue weighted by Gasteiger charge is -2.20. The number of para-hydroxylation sites is 1. The van der Waals surface area contributed by atoms with Crippen LogP contribution in [0, 0.1) is 6.92 Å². The molecule has 0 aliphatic rings. The van der Waals surface area contributed by atoms with E-state index in [4.69, 9.17) is 5.11 Å². The zero-order valence-electron chi connectivity index (χ0n) is 10.8. The molecule has 1 heterocycles. The van der Waals surface area contributed by atoms with E-state index in [9.17, 15) is 9.90 Å². The average Bonchev–Trinajstić information content (AvgIpc) is 2.35. The third kappa shape index (κ3) is 2.82. The highest BCUT2D eigenvalue weighted by atomic mass is 16.4. The molecule has 1 aromatic carbocycles. The van der Waals surface area contributed by atoms with Crippen LogP contribution in [-0.2, 0) is 4.79 Å². The van der Waals surface area contributed by atoms with Crippen LogP contribution in [0.5, 0.6) is 0 Å². The number of aryl methyl sites for hydroxylation is 1. The minimum atomic E-state index is -1.81. The second-order valence-corrected chi connectivity index (χ2v) is 4.76. The number of carbonyl (C=O) groups is 1. The number of aliphatic carboxylic acids is 1. The summed E-state index contributed by atoms with van der Waals surface area (Å²) in [5.41, 5.74) is 0.624. The minimum Gasteiger partial charge on any atom is -0.479 e. The van der Waals surface area contributed by atoms with Gasteiger partial charge in [-0.2, -0.15) is 0 Å². The average molecular weight is 260 g/mol. The molecule has 0 radical (unpaired) electrons. The van der Waals surface area contributed by atoms with E-state index in [-0.39, 0.29) is 6.54 Å². The molecule has 0 fully saturated rings. The van der Waals surface area contributed by atoms with Crippen LogP contribution in [0.3, 0.4) is 0 Å². The topological polar surface area (TPSA) is 82.5 Å². The van der Waals surface area contributed by atoms with Crippen molar-refractivity contribution in [2.24, 2.45) is 0 Å². The van der Waals surface area contributed by atoms with Gasteiger partial charge in [-0.1, -0.05) is 18.2 Å². The van der Waals surface area contributed by atoms with Crippen LogP contribution in [-0.4, -0.2) is 33.3 Å². The van der Waals surface area contributed by atoms with E-state index in [1.807, 2.05) is 37.3 Å². The number of rotatable bonds is 4. The lowest BCUT2D eigenvalue weighted by atomic mass is 10.1. The zero-order valence-corrected chi connectivity index (χ0v) is 10.8. The first-order valence-electron chi connectivity index (χ1n) is 5.96. The molecule has 0 saturated heterocycles. The van der Waals surface area contributed by atoms with Crippen LogP contribution in [0.1, 0.15) is 12.6 Å². The Morgan fingerprint density at radius 1 is 1.42 bits per heavy atom. The second-order valence-electron chi connectivity index (χ2n) is 4.76. The van der Waals surface area contributed by atoms with Crippen molar-refractivity contribution in [1.82, 2.24) is 4.98 Å². The van der Waals surface area contributed by atoms with Gasteiger partial charge in [-0.15, -0.1) is 0 Å². The van der Waals surface area contributed by atoms with E-state index in [0.29, 0.717) is 0 Å². The highest BCUT2D eigenvalue weighted by Gasteiger charge is 2.29. The van der Waals surface area contributed by atoms with Gasteiger partial charge in [-0.3, -0.25) is 4.98 Å². The van der Waals surface area contributed by atoms with Gasteiger partial charge < -0.3 is 15.5 Å². The Labute approximate surface area is 110 Å². The number of carboxylic acids is 1. The molecule has 0 spiro atoms. The summed E-state index contributed by atoms with van der Waals surface area (Å²) in [7, 11) is 0. The van der Waals surface area contributed by atoms with E-state index in [2.05, 4.69) is 10.3 Å². The number of nitrogens with one attached hydrogen (secondary N) is 1. The molecule has 5 heteroatoms. The fourth-order valence-electron chi connectivity index (χ4n) is 1.80. The van der Waals surface area contributed by atoms with E-state index < -0.39 is 11.6 Å². The summed E-state index contributed by atoms with van der Waals surface area (Å²) in [4.78, 5) is 15.3. The van der Waals surface area contributed by atoms with Gasteiger partial charge in [0.25, 0.3) is 0 Å². The van der Waals surface area contributed by atoms with Crippen LogP contribution >= 0.6 is 0 Å². The Morgan fingerprint density at radius 2 is 2.11 bits per heavy atom. The van der Waals surface area contributed by atoms with Crippen molar-refractivity contribution in [2.75, 3.05) is 11.9 Å². The van der Waals surface area contributed by atoms with Crippen LogP contribution in [0.4, 0.5) is 5.69 Å². The van der Waals surface area contributed by atoms with Crippen molar-refractivity contribution in [2.45, 2.75) is 19.4 Å². The molecular formula is C14H16N2O3. The van der Waals surface area contributed by atoms with E-state index in [1.165, 1.54) is 6.92 Å². The molecule has 1 atom stereocenters. The Kier molecular flexibility index (Phi) is 3.40. The van der Waals surface area contributed by atoms with Crippen molar-refractivity contribution in [1.29, 1.82) is 0 Å². The van der Waals surface area contributed by atoms with Gasteiger partial charge in [0.15, 0.2) is 5.60 Å². The molecule has 0 aliphatic heterocycles. The maximum Gasteiger partial charge on any atom is 0.337 e. The van der Waals surface area contributed by atoms with Crippen molar-refractivity contribution in [3.05, 3.63) is 36.0 Å². The van der Waals surface area contributed by atoms with E-state index >= 15 is 0 Å². The maximum atomic E-state index is 10.9. The lowest BCUT2D eigenvalue weighted by Crippen LogP contribution is -2.41. The van der Waals surface area contributed by atoms with Gasteiger partial charge in [0.2, 0.25) is 0 Å². The summed E-state index contributed by atoms with van der Waals surface area (Å²) >= 11 is 0. The first kappa shape index (κ1) is 13.3. The molecule has 0 bridgehead atoms. The van der Waals surface area contributed by atoms with Crippen LogP contribution in [0.2, 0.25) is 0 Å². The highest BCUT2D eigenvalue weighted by Crippen LogP contribution is 2.23. The van der Waals surface area contributed by atoms with Gasteiger partial charge in [0.05, 0.1) is 12.1 Å². The minimum absolute atomic E-state index is 0.0736. The first-order valence-corrected chi connectivity index (χ1v) is 5.96. The number of hydrogen-bond acceptors (Lipinski definition) is 4. The Morgan fingerprint density at radius 3 is 2.79 bits per heavy atom. The molecule has 2 aromatic rings. The number of benzene rings is 1. The lowest BCUT2D eigenvalue weighted by molar-refractivity contribution is -0.155. The Balaban J connectivity index is 2.33. The molecule has 5 nitrogen and oxygen atoms in total. The Hall–Kier alpha value is -2.14. The standard InChI is InChI=1S/C14H16N2O3/c1-9-7-12(15-8-14(2,19)13(17)18)10-5-3-4-6-11(10)16-9/h3-7,19H,8H2,1-2H3,(H,15,16)(H,17,18)/t14-/m0/s1. The van der Waals surface area contributed by atoms with E-state index in [0.717, 1.165) is 22.3 Å². The molecule has 0 amide bonds. The maximum absolute atomic E-state index is 10.9. The van der Waals surface area contributed by atoms with E-state index in [1.54, 1.807) is 0 Å². The molecule has 2 rings (SSSR count). The van der Waals surface area contributed by atoms with Crippen molar-refractivity contribution < 1.29 is 15.0 Å². The van der Waals surface area contributed by atoms with Crippen molar-refractivity contribution in [3.63, 3.8) is 0 Å². The van der Waals surface area contributed by atoms with Gasteiger partial charge in [0, 0.05) is 16.8 Å². The summed E-state index contributed by atoms with van der Waals surface area (Å²) in [6.45, 7) is 3.06.